The van der Waals surface area contributed by atoms with Crippen molar-refractivity contribution in [3.8, 4) is 5.88 Å². The highest BCUT2D eigenvalue weighted by molar-refractivity contribution is 5.84. The van der Waals surface area contributed by atoms with Gasteiger partial charge in [0.1, 0.15) is 0 Å². The minimum Gasteiger partial charge on any atom is -0.481 e. The van der Waals surface area contributed by atoms with Crippen LogP contribution in [0.4, 0.5) is 0 Å². The highest BCUT2D eigenvalue weighted by Gasteiger charge is 2.05. The molecular formula is C10H14N2O. The molecule has 0 saturated carbocycles. The van der Waals surface area contributed by atoms with Gasteiger partial charge in [0.25, 0.3) is 0 Å². The van der Waals surface area contributed by atoms with E-state index < -0.39 is 0 Å². The number of aromatic nitrogens is 1. The van der Waals surface area contributed by atoms with Gasteiger partial charge in [-0.25, -0.2) is 4.98 Å². The fourth-order valence-corrected chi connectivity index (χ4v) is 1.25. The van der Waals surface area contributed by atoms with Crippen molar-refractivity contribution in [2.75, 3.05) is 14.2 Å². The Morgan fingerprint density at radius 2 is 2.15 bits per heavy atom. The number of aliphatic imine (C=N–C) groups is 1. The van der Waals surface area contributed by atoms with E-state index in [0.29, 0.717) is 5.88 Å². The van der Waals surface area contributed by atoms with E-state index in [1.54, 1.807) is 20.4 Å². The van der Waals surface area contributed by atoms with E-state index in [0.717, 1.165) is 16.8 Å². The summed E-state index contributed by atoms with van der Waals surface area (Å²) in [7, 11) is 3.35. The van der Waals surface area contributed by atoms with Crippen molar-refractivity contribution < 1.29 is 4.74 Å². The van der Waals surface area contributed by atoms with Gasteiger partial charge in [-0.2, -0.15) is 0 Å². The van der Waals surface area contributed by atoms with E-state index in [-0.39, 0.29) is 0 Å². The number of ether oxygens (including phenoxy) is 1. The van der Waals surface area contributed by atoms with Crippen molar-refractivity contribution in [1.82, 2.24) is 4.98 Å². The molecule has 0 atom stereocenters. The van der Waals surface area contributed by atoms with Crippen LogP contribution in [-0.2, 0) is 0 Å². The smallest absolute Gasteiger partial charge is 0.222 e. The maximum absolute atomic E-state index is 5.16. The Bertz CT molecular complexity index is 332. The fraction of sp³-hybridized carbons (Fsp3) is 0.400. The lowest BCUT2D eigenvalue weighted by Gasteiger charge is -2.07. The van der Waals surface area contributed by atoms with Gasteiger partial charge in [-0.1, -0.05) is 0 Å². The summed E-state index contributed by atoms with van der Waals surface area (Å²) in [5, 5.41) is 0. The van der Waals surface area contributed by atoms with Gasteiger partial charge in [0.05, 0.1) is 12.7 Å². The molecule has 13 heavy (non-hydrogen) atoms. The summed E-state index contributed by atoms with van der Waals surface area (Å²) in [6.07, 6.45) is 1.76. The first-order chi connectivity index (χ1) is 6.19. The first kappa shape index (κ1) is 9.71. The third-order valence-corrected chi connectivity index (χ3v) is 1.81. The highest BCUT2D eigenvalue weighted by atomic mass is 16.5. The maximum atomic E-state index is 5.16. The number of hydrogen-bond acceptors (Lipinski definition) is 3. The molecule has 3 heteroatoms. The molecule has 0 spiro atoms. The predicted molar refractivity (Wildman–Crippen MR) is 53.8 cm³/mol. The van der Waals surface area contributed by atoms with Crippen molar-refractivity contribution in [2.24, 2.45) is 4.99 Å². The number of rotatable bonds is 2. The van der Waals surface area contributed by atoms with Crippen LogP contribution in [0.1, 0.15) is 16.8 Å². The van der Waals surface area contributed by atoms with Crippen molar-refractivity contribution in [2.45, 2.75) is 13.8 Å². The topological polar surface area (TPSA) is 34.5 Å². The van der Waals surface area contributed by atoms with Crippen molar-refractivity contribution in [1.29, 1.82) is 0 Å². The fourth-order valence-electron chi connectivity index (χ4n) is 1.25. The molecule has 70 valence electrons. The van der Waals surface area contributed by atoms with Crippen molar-refractivity contribution >= 4 is 6.21 Å². The van der Waals surface area contributed by atoms with Gasteiger partial charge in [0.2, 0.25) is 5.88 Å². The van der Waals surface area contributed by atoms with Gasteiger partial charge in [-0.05, 0) is 25.5 Å². The number of pyridine rings is 1. The number of nitrogens with zero attached hydrogens (tertiary/aromatic N) is 2. The van der Waals surface area contributed by atoms with Crippen LogP contribution in [0.2, 0.25) is 0 Å². The van der Waals surface area contributed by atoms with Gasteiger partial charge in [-0.15, -0.1) is 0 Å². The number of methoxy groups -OCH3 is 1. The Morgan fingerprint density at radius 1 is 1.46 bits per heavy atom. The standard InChI is InChI=1S/C10H14N2O/c1-7-5-8(2)12-10(13-4)9(7)6-11-3/h5-6H,1-4H3/b11-6-. The average Bonchev–Trinajstić information content (AvgIpc) is 2.09. The van der Waals surface area contributed by atoms with Crippen LogP contribution in [0.5, 0.6) is 5.88 Å². The maximum Gasteiger partial charge on any atom is 0.222 e. The molecule has 1 aromatic rings. The van der Waals surface area contributed by atoms with Gasteiger partial charge >= 0.3 is 0 Å². The van der Waals surface area contributed by atoms with Crippen LogP contribution in [0.3, 0.4) is 0 Å². The molecule has 0 saturated heterocycles. The lowest BCUT2D eigenvalue weighted by atomic mass is 10.1. The van der Waals surface area contributed by atoms with E-state index in [4.69, 9.17) is 4.74 Å². The summed E-state index contributed by atoms with van der Waals surface area (Å²) in [5.74, 6) is 0.642. The molecule has 0 fully saturated rings. The molecular weight excluding hydrogens is 164 g/mol. The van der Waals surface area contributed by atoms with Crippen LogP contribution in [-0.4, -0.2) is 25.4 Å². The SMILES string of the molecule is C/N=C\c1c(C)cc(C)nc1OC. The summed E-state index contributed by atoms with van der Waals surface area (Å²) >= 11 is 0. The third-order valence-electron chi connectivity index (χ3n) is 1.81. The van der Waals surface area contributed by atoms with Gasteiger partial charge in [0.15, 0.2) is 0 Å². The zero-order valence-corrected chi connectivity index (χ0v) is 8.46. The normalized spacial score (nSPS) is 10.8. The molecule has 1 aromatic heterocycles. The van der Waals surface area contributed by atoms with E-state index in [9.17, 15) is 0 Å². The Hall–Kier alpha value is -1.38. The van der Waals surface area contributed by atoms with Crippen LogP contribution in [0.15, 0.2) is 11.1 Å². The number of aryl methyl sites for hydroxylation is 2. The molecule has 0 aliphatic carbocycles. The van der Waals surface area contributed by atoms with Crippen molar-refractivity contribution in [3.63, 3.8) is 0 Å². The summed E-state index contributed by atoms with van der Waals surface area (Å²) in [4.78, 5) is 8.22. The molecule has 0 unspecified atom stereocenters. The molecule has 0 radical (unpaired) electrons. The molecule has 1 rings (SSSR count). The second kappa shape index (κ2) is 4.03. The second-order valence-corrected chi connectivity index (χ2v) is 2.89. The first-order valence-corrected chi connectivity index (χ1v) is 4.13. The van der Waals surface area contributed by atoms with Crippen LogP contribution >= 0.6 is 0 Å². The monoisotopic (exact) mass is 178 g/mol. The van der Waals surface area contributed by atoms with Crippen LogP contribution in [0.25, 0.3) is 0 Å². The average molecular weight is 178 g/mol. The minimum absolute atomic E-state index is 0.642. The second-order valence-electron chi connectivity index (χ2n) is 2.89. The third kappa shape index (κ3) is 2.05. The van der Waals surface area contributed by atoms with E-state index in [2.05, 4.69) is 9.98 Å². The van der Waals surface area contributed by atoms with Gasteiger partial charge in [0, 0.05) is 19.0 Å². The zero-order chi connectivity index (χ0) is 9.84. The highest BCUT2D eigenvalue weighted by Crippen LogP contribution is 2.18. The molecule has 0 N–H and O–H groups in total. The van der Waals surface area contributed by atoms with Crippen molar-refractivity contribution in [3.05, 3.63) is 22.9 Å². The summed E-state index contributed by atoms with van der Waals surface area (Å²) < 4.78 is 5.16. The minimum atomic E-state index is 0.642. The lowest BCUT2D eigenvalue weighted by molar-refractivity contribution is 0.396. The largest absolute Gasteiger partial charge is 0.481 e. The first-order valence-electron chi connectivity index (χ1n) is 4.13. The quantitative estimate of drug-likeness (QED) is 0.647. The lowest BCUT2D eigenvalue weighted by Crippen LogP contribution is -1.99. The Labute approximate surface area is 78.5 Å². The molecule has 0 aliphatic rings. The molecule has 0 bridgehead atoms. The van der Waals surface area contributed by atoms with E-state index in [1.165, 1.54) is 0 Å². The molecule has 1 heterocycles. The molecule has 0 amide bonds. The molecule has 0 aliphatic heterocycles. The van der Waals surface area contributed by atoms with Gasteiger partial charge in [-0.3, -0.25) is 4.99 Å². The Morgan fingerprint density at radius 3 is 2.69 bits per heavy atom. The summed E-state index contributed by atoms with van der Waals surface area (Å²) in [6.45, 7) is 3.97. The number of hydrogen-bond donors (Lipinski definition) is 0. The van der Waals surface area contributed by atoms with Crippen LogP contribution in [0, 0.1) is 13.8 Å². The van der Waals surface area contributed by atoms with Crippen LogP contribution < -0.4 is 4.74 Å². The molecule has 3 nitrogen and oxygen atoms in total. The van der Waals surface area contributed by atoms with Gasteiger partial charge < -0.3 is 4.74 Å². The molecule has 0 aromatic carbocycles. The summed E-state index contributed by atoms with van der Waals surface area (Å²) in [5.41, 5.74) is 3.05. The zero-order valence-electron chi connectivity index (χ0n) is 8.46. The van der Waals surface area contributed by atoms with E-state index in [1.807, 2.05) is 19.9 Å². The predicted octanol–water partition coefficient (Wildman–Crippen LogP) is 1.76. The Balaban J connectivity index is 3.29. The Kier molecular flexibility index (Phi) is 3.01. The summed E-state index contributed by atoms with van der Waals surface area (Å²) in [6, 6.07) is 2.01. The van der Waals surface area contributed by atoms with E-state index >= 15 is 0 Å².